The summed E-state index contributed by atoms with van der Waals surface area (Å²) >= 11 is 31.1. The van der Waals surface area contributed by atoms with E-state index in [0.29, 0.717) is 9.79 Å². The van der Waals surface area contributed by atoms with Gasteiger partial charge in [-0.15, -0.1) is 25.3 Å². The van der Waals surface area contributed by atoms with Gasteiger partial charge in [0, 0.05) is 26.3 Å². The van der Waals surface area contributed by atoms with Crippen LogP contribution in [0.25, 0.3) is 0 Å². The first-order valence-electron chi connectivity index (χ1n) is 2.70. The Bertz CT molecular complexity index is 237. The van der Waals surface area contributed by atoms with Crippen LogP contribution in [0.15, 0.2) is 9.79 Å². The third-order valence-electron chi connectivity index (χ3n) is 1.22. The molecule has 0 aliphatic heterocycles. The topological polar surface area (TPSA) is 0 Å². The Morgan fingerprint density at radius 1 is 0.615 bits per heavy atom. The van der Waals surface area contributed by atoms with Gasteiger partial charge in [-0.1, -0.05) is 46.4 Å². The molecule has 0 radical (unpaired) electrons. The van der Waals surface area contributed by atoms with Crippen molar-refractivity contribution >= 4 is 71.7 Å². The number of hydrogen-bond acceptors (Lipinski definition) is 2. The summed E-state index contributed by atoms with van der Waals surface area (Å²) in [5.74, 6) is 0. The summed E-state index contributed by atoms with van der Waals surface area (Å²) in [6.07, 6.45) is 0. The summed E-state index contributed by atoms with van der Waals surface area (Å²) < 4.78 is 0. The standard InChI is InChI=1S/C6H2Cl4S2.Ni/c7-1-2(8)4(10)6(12)5(11)3(1)9;/h11-12H;. The number of rotatable bonds is 0. The molecule has 1 aromatic rings. The van der Waals surface area contributed by atoms with Crippen molar-refractivity contribution in [1.29, 1.82) is 0 Å². The zero-order valence-corrected chi connectivity index (χ0v) is 11.5. The molecule has 1 rings (SSSR count). The van der Waals surface area contributed by atoms with Crippen molar-refractivity contribution in [3.63, 3.8) is 0 Å². The quantitative estimate of drug-likeness (QED) is 0.286. The molecule has 0 atom stereocenters. The van der Waals surface area contributed by atoms with Crippen LogP contribution in [-0.4, -0.2) is 0 Å². The predicted molar refractivity (Wildman–Crippen MR) is 61.0 cm³/mol. The molecule has 0 aromatic heterocycles. The summed E-state index contributed by atoms with van der Waals surface area (Å²) in [6.45, 7) is 0. The smallest absolute Gasteiger partial charge is 0.0805 e. The normalized spacial score (nSPS) is 9.69. The molecule has 1 aromatic carbocycles. The second-order valence-corrected chi connectivity index (χ2v) is 4.36. The van der Waals surface area contributed by atoms with Crippen LogP contribution in [0.4, 0.5) is 0 Å². The molecule has 0 nitrogen and oxygen atoms in total. The second-order valence-electron chi connectivity index (χ2n) is 1.95. The third-order valence-corrected chi connectivity index (χ3v) is 4.35. The fraction of sp³-hybridized carbons (Fsp3) is 0. The van der Waals surface area contributed by atoms with Gasteiger partial charge in [-0.05, 0) is 0 Å². The Morgan fingerprint density at radius 2 is 0.846 bits per heavy atom. The minimum atomic E-state index is 0. The molecule has 0 amide bonds. The van der Waals surface area contributed by atoms with E-state index in [2.05, 4.69) is 25.3 Å². The molecule has 0 heterocycles. The number of hydrogen-bond donors (Lipinski definition) is 2. The summed E-state index contributed by atoms with van der Waals surface area (Å²) in [4.78, 5) is 0.860. The van der Waals surface area contributed by atoms with Crippen LogP contribution in [0, 0.1) is 0 Å². The van der Waals surface area contributed by atoms with Crippen molar-refractivity contribution in [3.8, 4) is 0 Å². The molecule has 0 saturated heterocycles. The Labute approximate surface area is 117 Å². The number of thiol groups is 2. The fourth-order valence-corrected chi connectivity index (χ4v) is 2.17. The van der Waals surface area contributed by atoms with E-state index in [1.54, 1.807) is 0 Å². The van der Waals surface area contributed by atoms with Gasteiger partial charge in [0.25, 0.3) is 0 Å². The average Bonchev–Trinajstić information content (AvgIpc) is 2.08. The molecule has 7 heteroatoms. The first-order chi connectivity index (χ1) is 5.46. The van der Waals surface area contributed by atoms with E-state index in [9.17, 15) is 0 Å². The molecule has 0 unspecified atom stereocenters. The van der Waals surface area contributed by atoms with Crippen molar-refractivity contribution in [3.05, 3.63) is 20.1 Å². The predicted octanol–water partition coefficient (Wildman–Crippen LogP) is 4.88. The molecule has 0 bridgehead atoms. The van der Waals surface area contributed by atoms with Gasteiger partial charge in [0.1, 0.15) is 0 Å². The number of benzene rings is 1. The summed E-state index contributed by atoms with van der Waals surface area (Å²) in [6, 6.07) is 0. The van der Waals surface area contributed by atoms with Crippen LogP contribution in [0.3, 0.4) is 0 Å². The molecule has 0 fully saturated rings. The zero-order valence-electron chi connectivity index (χ0n) is 5.72. The van der Waals surface area contributed by atoms with E-state index in [0.717, 1.165) is 0 Å². The Morgan fingerprint density at radius 3 is 1.08 bits per heavy atom. The Hall–Kier alpha value is 1.57. The van der Waals surface area contributed by atoms with Gasteiger partial charge in [-0.3, -0.25) is 0 Å². The van der Waals surface area contributed by atoms with Crippen LogP contribution in [-0.2, 0) is 16.5 Å². The molecule has 0 spiro atoms. The van der Waals surface area contributed by atoms with Crippen LogP contribution in [0.5, 0.6) is 0 Å². The van der Waals surface area contributed by atoms with E-state index >= 15 is 0 Å². The maximum atomic E-state index is 5.76. The first kappa shape index (κ1) is 14.6. The van der Waals surface area contributed by atoms with Crippen LogP contribution >= 0.6 is 71.7 Å². The largest absolute Gasteiger partial charge is 0.141 e. The molecule has 0 aliphatic carbocycles. The zero-order chi connectivity index (χ0) is 9.46. The molecule has 13 heavy (non-hydrogen) atoms. The van der Waals surface area contributed by atoms with Gasteiger partial charge in [-0.25, -0.2) is 0 Å². The van der Waals surface area contributed by atoms with Gasteiger partial charge >= 0.3 is 0 Å². The van der Waals surface area contributed by atoms with Crippen molar-refractivity contribution in [2.24, 2.45) is 0 Å². The summed E-state index contributed by atoms with van der Waals surface area (Å²) in [5, 5.41) is 0.927. The van der Waals surface area contributed by atoms with Crippen molar-refractivity contribution in [2.75, 3.05) is 0 Å². The van der Waals surface area contributed by atoms with Crippen LogP contribution in [0.2, 0.25) is 20.1 Å². The van der Waals surface area contributed by atoms with Gasteiger partial charge in [0.15, 0.2) is 0 Å². The van der Waals surface area contributed by atoms with Gasteiger partial charge in [0.2, 0.25) is 0 Å². The SMILES string of the molecule is Sc1c(S)c(Cl)c(Cl)c(Cl)c1Cl.[Ni]. The maximum Gasteiger partial charge on any atom is 0.0805 e. The van der Waals surface area contributed by atoms with Gasteiger partial charge in [-0.2, -0.15) is 0 Å². The number of halogens is 4. The monoisotopic (exact) mass is 336 g/mol. The molecular weight excluding hydrogens is 337 g/mol. The Balaban J connectivity index is 0.00000144. The third kappa shape index (κ3) is 2.78. The first-order valence-corrected chi connectivity index (χ1v) is 5.11. The van der Waals surface area contributed by atoms with E-state index < -0.39 is 0 Å². The Kier molecular flexibility index (Phi) is 6.28. The molecule has 76 valence electrons. The molecule has 0 N–H and O–H groups in total. The van der Waals surface area contributed by atoms with Gasteiger partial charge in [0.05, 0.1) is 20.1 Å². The summed E-state index contributed by atoms with van der Waals surface area (Å²) in [7, 11) is 0. The minimum absolute atomic E-state index is 0. The van der Waals surface area contributed by atoms with Crippen LogP contribution < -0.4 is 0 Å². The summed E-state index contributed by atoms with van der Waals surface area (Å²) in [5.41, 5.74) is 0. The minimum Gasteiger partial charge on any atom is -0.141 e. The van der Waals surface area contributed by atoms with Crippen molar-refractivity contribution in [1.82, 2.24) is 0 Å². The average molecular weight is 339 g/mol. The van der Waals surface area contributed by atoms with E-state index in [4.69, 9.17) is 46.4 Å². The van der Waals surface area contributed by atoms with Crippen molar-refractivity contribution in [2.45, 2.75) is 9.79 Å². The fourth-order valence-electron chi connectivity index (χ4n) is 0.609. The molecule has 0 aliphatic rings. The maximum absolute atomic E-state index is 5.76. The molecule has 0 saturated carbocycles. The van der Waals surface area contributed by atoms with E-state index in [-0.39, 0.29) is 36.6 Å². The van der Waals surface area contributed by atoms with Crippen molar-refractivity contribution < 1.29 is 16.5 Å². The van der Waals surface area contributed by atoms with Gasteiger partial charge < -0.3 is 0 Å². The van der Waals surface area contributed by atoms with E-state index in [1.807, 2.05) is 0 Å². The molecular formula is C6H2Cl4NiS2. The second kappa shape index (κ2) is 5.60. The van der Waals surface area contributed by atoms with Crippen LogP contribution in [0.1, 0.15) is 0 Å². The van der Waals surface area contributed by atoms with E-state index in [1.165, 1.54) is 0 Å².